The molecule has 0 spiro atoms. The zero-order valence-corrected chi connectivity index (χ0v) is 11.0. The number of carbonyl (C=O) groups is 1. The topological polar surface area (TPSA) is 17.1 Å². The summed E-state index contributed by atoms with van der Waals surface area (Å²) in [5.74, 6) is 0. The lowest BCUT2D eigenvalue weighted by Gasteiger charge is -2.08. The zero-order chi connectivity index (χ0) is 11.5. The highest BCUT2D eigenvalue weighted by Crippen LogP contribution is 2.19. The van der Waals surface area contributed by atoms with Gasteiger partial charge in [0.05, 0.1) is 8.07 Å². The molecule has 0 N–H and O–H groups in total. The van der Waals surface area contributed by atoms with Gasteiger partial charge in [-0.25, -0.2) is 0 Å². The second kappa shape index (κ2) is 4.77. The van der Waals surface area contributed by atoms with E-state index in [0.29, 0.717) is 10.6 Å². The van der Waals surface area contributed by atoms with Crippen molar-refractivity contribution in [3.8, 4) is 0 Å². The van der Waals surface area contributed by atoms with Gasteiger partial charge >= 0.3 is 0 Å². The highest BCUT2D eigenvalue weighted by atomic mass is 35.5. The molecular weight excluding hydrogens is 224 g/mol. The van der Waals surface area contributed by atoms with E-state index in [9.17, 15) is 4.79 Å². The summed E-state index contributed by atoms with van der Waals surface area (Å²) < 4.78 is 0. The van der Waals surface area contributed by atoms with Crippen LogP contribution in [0.25, 0.3) is 6.08 Å². The fourth-order valence-electron chi connectivity index (χ4n) is 1.09. The first kappa shape index (κ1) is 12.2. The number of benzene rings is 1. The Morgan fingerprint density at radius 3 is 2.40 bits per heavy atom. The maximum absolute atomic E-state index is 10.5. The predicted molar refractivity (Wildman–Crippen MR) is 69.2 cm³/mol. The van der Waals surface area contributed by atoms with Crippen LogP contribution in [0, 0.1) is 0 Å². The fraction of sp³-hybridized carbons (Fsp3) is 0.250. The van der Waals surface area contributed by atoms with Gasteiger partial charge in [0.1, 0.15) is 6.29 Å². The number of carbonyl (C=O) groups excluding carboxylic acids is 1. The lowest BCUT2D eigenvalue weighted by atomic mass is 10.1. The Balaban J connectivity index is 2.97. The molecule has 0 aliphatic rings. The van der Waals surface area contributed by atoms with E-state index in [4.69, 9.17) is 11.6 Å². The third kappa shape index (κ3) is 4.02. The SMILES string of the molecule is C[Si](C)(C)C=Cc1ccc(C=O)cc1Cl. The van der Waals surface area contributed by atoms with Crippen LogP contribution in [0.15, 0.2) is 23.9 Å². The molecule has 1 aromatic carbocycles. The van der Waals surface area contributed by atoms with Crippen LogP contribution in [0.3, 0.4) is 0 Å². The molecule has 0 radical (unpaired) electrons. The van der Waals surface area contributed by atoms with Gasteiger partial charge in [0.2, 0.25) is 0 Å². The van der Waals surface area contributed by atoms with Crippen LogP contribution in [0.4, 0.5) is 0 Å². The molecule has 3 heteroatoms. The van der Waals surface area contributed by atoms with Gasteiger partial charge in [-0.15, -0.1) is 0 Å². The molecule has 15 heavy (non-hydrogen) atoms. The Bertz CT molecular complexity index is 391. The van der Waals surface area contributed by atoms with Gasteiger partial charge in [0.25, 0.3) is 0 Å². The zero-order valence-electron chi connectivity index (χ0n) is 9.25. The molecular formula is C12H15ClOSi. The van der Waals surface area contributed by atoms with Crippen molar-refractivity contribution in [1.29, 1.82) is 0 Å². The molecule has 0 saturated carbocycles. The van der Waals surface area contributed by atoms with E-state index in [1.54, 1.807) is 12.1 Å². The number of hydrogen-bond donors (Lipinski definition) is 0. The molecule has 0 aromatic heterocycles. The van der Waals surface area contributed by atoms with Gasteiger partial charge in [-0.2, -0.15) is 0 Å². The largest absolute Gasteiger partial charge is 0.298 e. The summed E-state index contributed by atoms with van der Waals surface area (Å²) in [7, 11) is -1.19. The monoisotopic (exact) mass is 238 g/mol. The van der Waals surface area contributed by atoms with Crippen molar-refractivity contribution in [2.75, 3.05) is 0 Å². The minimum atomic E-state index is -1.19. The summed E-state index contributed by atoms with van der Waals surface area (Å²) in [6.45, 7) is 6.78. The highest BCUT2D eigenvalue weighted by Gasteiger charge is 2.07. The fourth-order valence-corrected chi connectivity index (χ4v) is 2.02. The lowest BCUT2D eigenvalue weighted by Crippen LogP contribution is -2.15. The molecule has 0 aliphatic carbocycles. The number of aldehydes is 1. The van der Waals surface area contributed by atoms with Gasteiger partial charge < -0.3 is 0 Å². The van der Waals surface area contributed by atoms with Gasteiger partial charge in [-0.05, 0) is 11.6 Å². The lowest BCUT2D eigenvalue weighted by molar-refractivity contribution is 0.112. The van der Waals surface area contributed by atoms with Crippen LogP contribution in [0.1, 0.15) is 15.9 Å². The summed E-state index contributed by atoms with van der Waals surface area (Å²) >= 11 is 6.04. The van der Waals surface area contributed by atoms with Crippen LogP contribution in [0.5, 0.6) is 0 Å². The van der Waals surface area contributed by atoms with Crippen LogP contribution < -0.4 is 0 Å². The second-order valence-electron chi connectivity index (χ2n) is 4.60. The maximum atomic E-state index is 10.5. The first-order valence-corrected chi connectivity index (χ1v) is 8.82. The van der Waals surface area contributed by atoms with Crippen molar-refractivity contribution in [1.82, 2.24) is 0 Å². The molecule has 0 heterocycles. The molecule has 0 fully saturated rings. The number of hydrogen-bond acceptors (Lipinski definition) is 1. The normalized spacial score (nSPS) is 12.0. The van der Waals surface area contributed by atoms with Crippen molar-refractivity contribution in [3.05, 3.63) is 40.0 Å². The molecule has 0 saturated heterocycles. The Labute approximate surface area is 96.8 Å². The summed E-state index contributed by atoms with van der Waals surface area (Å²) in [5.41, 5.74) is 3.82. The number of rotatable bonds is 3. The molecule has 0 aliphatic heterocycles. The Kier molecular flexibility index (Phi) is 3.88. The molecule has 1 aromatic rings. The van der Waals surface area contributed by atoms with E-state index in [0.717, 1.165) is 11.8 Å². The third-order valence-corrected chi connectivity index (χ3v) is 3.42. The summed E-state index contributed by atoms with van der Waals surface area (Å²) in [6.07, 6.45) is 2.85. The van der Waals surface area contributed by atoms with Gasteiger partial charge in [0, 0.05) is 10.6 Å². The molecule has 1 nitrogen and oxygen atoms in total. The Morgan fingerprint density at radius 2 is 1.93 bits per heavy atom. The van der Waals surface area contributed by atoms with E-state index < -0.39 is 8.07 Å². The second-order valence-corrected chi connectivity index (χ2v) is 10.1. The Morgan fingerprint density at radius 1 is 1.27 bits per heavy atom. The first-order valence-electron chi connectivity index (χ1n) is 4.86. The minimum Gasteiger partial charge on any atom is -0.298 e. The highest BCUT2D eigenvalue weighted by molar-refractivity contribution is 6.81. The van der Waals surface area contributed by atoms with Crippen LogP contribution in [0.2, 0.25) is 24.7 Å². The average molecular weight is 239 g/mol. The summed E-state index contributed by atoms with van der Waals surface area (Å²) in [4.78, 5) is 10.5. The van der Waals surface area contributed by atoms with E-state index in [2.05, 4.69) is 25.3 Å². The van der Waals surface area contributed by atoms with Gasteiger partial charge in [0.15, 0.2) is 0 Å². The maximum Gasteiger partial charge on any atom is 0.150 e. The molecule has 0 unspecified atom stereocenters. The van der Waals surface area contributed by atoms with Crippen molar-refractivity contribution in [3.63, 3.8) is 0 Å². The molecule has 0 amide bonds. The van der Waals surface area contributed by atoms with Crippen LogP contribution in [-0.4, -0.2) is 14.4 Å². The van der Waals surface area contributed by atoms with E-state index in [-0.39, 0.29) is 0 Å². The molecule has 0 atom stereocenters. The van der Waals surface area contributed by atoms with Crippen molar-refractivity contribution in [2.45, 2.75) is 19.6 Å². The van der Waals surface area contributed by atoms with Crippen molar-refractivity contribution < 1.29 is 4.79 Å². The average Bonchev–Trinajstić information content (AvgIpc) is 2.14. The van der Waals surface area contributed by atoms with Gasteiger partial charge in [-0.3, -0.25) is 4.79 Å². The van der Waals surface area contributed by atoms with Crippen LogP contribution in [-0.2, 0) is 0 Å². The first-order chi connectivity index (χ1) is 6.92. The van der Waals surface area contributed by atoms with Crippen LogP contribution >= 0.6 is 11.6 Å². The van der Waals surface area contributed by atoms with E-state index >= 15 is 0 Å². The molecule has 0 bridgehead atoms. The van der Waals surface area contributed by atoms with E-state index in [1.807, 2.05) is 12.1 Å². The minimum absolute atomic E-state index is 0.616. The standard InChI is InChI=1S/C12H15ClOSi/c1-15(2,3)7-6-11-5-4-10(9-14)8-12(11)13/h4-9H,1-3H3. The summed E-state index contributed by atoms with van der Waals surface area (Å²) in [6, 6.07) is 5.35. The molecule has 1 rings (SSSR count). The summed E-state index contributed by atoms with van der Waals surface area (Å²) in [5, 5.41) is 0.633. The van der Waals surface area contributed by atoms with Gasteiger partial charge in [-0.1, -0.05) is 55.2 Å². The predicted octanol–water partition coefficient (Wildman–Crippen LogP) is 4.04. The van der Waals surface area contributed by atoms with Crippen molar-refractivity contribution in [2.24, 2.45) is 0 Å². The van der Waals surface area contributed by atoms with E-state index in [1.165, 1.54) is 0 Å². The third-order valence-electron chi connectivity index (χ3n) is 1.92. The number of halogens is 1. The Hall–Kier alpha value is -0.863. The van der Waals surface area contributed by atoms with Crippen molar-refractivity contribution >= 4 is 32.0 Å². The quantitative estimate of drug-likeness (QED) is 0.574. The molecule has 80 valence electrons. The smallest absolute Gasteiger partial charge is 0.150 e.